The summed E-state index contributed by atoms with van der Waals surface area (Å²) in [6.07, 6.45) is 8.82. The fourth-order valence-corrected chi connectivity index (χ4v) is 8.16. The normalized spacial score (nSPS) is 25.0. The van der Waals surface area contributed by atoms with Crippen molar-refractivity contribution in [1.29, 1.82) is 0 Å². The molecular weight excluding hydrogens is 354 g/mol. The van der Waals surface area contributed by atoms with E-state index in [0.29, 0.717) is 13.1 Å². The van der Waals surface area contributed by atoms with E-state index in [9.17, 15) is 13.2 Å². The van der Waals surface area contributed by atoms with E-state index in [4.69, 9.17) is 0 Å². The summed E-state index contributed by atoms with van der Waals surface area (Å²) >= 11 is 1.66. The van der Waals surface area contributed by atoms with E-state index in [0.717, 1.165) is 62.7 Å². The first-order valence-electron chi connectivity index (χ1n) is 9.60. The molecule has 4 rings (SSSR count). The van der Waals surface area contributed by atoms with Crippen molar-refractivity contribution in [3.8, 4) is 0 Å². The molecule has 1 aromatic rings. The van der Waals surface area contributed by atoms with Crippen molar-refractivity contribution in [3.63, 3.8) is 0 Å². The summed E-state index contributed by atoms with van der Waals surface area (Å²) in [6.45, 7) is 0.815. The quantitative estimate of drug-likeness (QED) is 0.802. The number of hydrogen-bond donors (Lipinski definition) is 0. The third kappa shape index (κ3) is 2.95. The Labute approximate surface area is 154 Å². The summed E-state index contributed by atoms with van der Waals surface area (Å²) in [5, 5.41) is 1.54. The van der Waals surface area contributed by atoms with Crippen molar-refractivity contribution in [2.24, 2.45) is 0 Å². The van der Waals surface area contributed by atoms with Gasteiger partial charge in [-0.15, -0.1) is 11.3 Å². The zero-order valence-corrected chi connectivity index (χ0v) is 16.3. The molecule has 0 bridgehead atoms. The third-order valence-electron chi connectivity index (χ3n) is 6.48. The van der Waals surface area contributed by atoms with Gasteiger partial charge in [-0.05, 0) is 37.1 Å². The minimum absolute atomic E-state index is 0.166. The predicted octanol–water partition coefficient (Wildman–Crippen LogP) is 3.52. The van der Waals surface area contributed by atoms with Gasteiger partial charge in [0.2, 0.25) is 5.91 Å². The SMILES string of the molecule is O=C(N1CC(S(=O)(=O)C2CCCCC2)C1)C1(c2cccs2)CCCC1. The summed E-state index contributed by atoms with van der Waals surface area (Å²) in [6, 6.07) is 4.09. The van der Waals surface area contributed by atoms with Gasteiger partial charge in [0, 0.05) is 18.0 Å². The molecule has 0 radical (unpaired) electrons. The Balaban J connectivity index is 1.45. The van der Waals surface area contributed by atoms with Crippen LogP contribution < -0.4 is 0 Å². The van der Waals surface area contributed by atoms with Gasteiger partial charge in [0.05, 0.1) is 15.9 Å². The highest BCUT2D eigenvalue weighted by Gasteiger charge is 2.51. The Bertz CT molecular complexity index is 708. The van der Waals surface area contributed by atoms with Crippen molar-refractivity contribution < 1.29 is 13.2 Å². The number of likely N-dealkylation sites (tertiary alicyclic amines) is 1. The van der Waals surface area contributed by atoms with Gasteiger partial charge in [0.1, 0.15) is 0 Å². The second-order valence-corrected chi connectivity index (χ2v) is 11.4. The van der Waals surface area contributed by atoms with Crippen molar-refractivity contribution in [1.82, 2.24) is 4.90 Å². The summed E-state index contributed by atoms with van der Waals surface area (Å²) in [7, 11) is -3.08. The molecule has 1 saturated heterocycles. The van der Waals surface area contributed by atoms with Crippen molar-refractivity contribution in [2.45, 2.75) is 73.7 Å². The summed E-state index contributed by atoms with van der Waals surface area (Å²) in [4.78, 5) is 16.2. The summed E-state index contributed by atoms with van der Waals surface area (Å²) < 4.78 is 25.7. The molecule has 1 amide bonds. The Morgan fingerprint density at radius 1 is 1.04 bits per heavy atom. The largest absolute Gasteiger partial charge is 0.339 e. The highest BCUT2D eigenvalue weighted by molar-refractivity contribution is 7.92. The van der Waals surface area contributed by atoms with Crippen LogP contribution in [0.5, 0.6) is 0 Å². The lowest BCUT2D eigenvalue weighted by molar-refractivity contribution is -0.140. The molecule has 3 aliphatic rings. The zero-order valence-electron chi connectivity index (χ0n) is 14.7. The van der Waals surface area contributed by atoms with Gasteiger partial charge >= 0.3 is 0 Å². The molecule has 2 saturated carbocycles. The Hall–Kier alpha value is -0.880. The molecule has 0 N–H and O–H groups in total. The maximum absolute atomic E-state index is 13.2. The average Bonchev–Trinajstić information content (AvgIpc) is 3.26. The van der Waals surface area contributed by atoms with Crippen molar-refractivity contribution >= 4 is 27.1 Å². The van der Waals surface area contributed by atoms with Crippen LogP contribution in [-0.2, 0) is 20.0 Å². The second kappa shape index (κ2) is 6.69. The molecule has 2 heterocycles. The van der Waals surface area contributed by atoms with Crippen LogP contribution in [0, 0.1) is 0 Å². The minimum atomic E-state index is -3.08. The number of rotatable bonds is 4. The number of carbonyl (C=O) groups excluding carboxylic acids is 1. The first-order valence-corrected chi connectivity index (χ1v) is 12.1. The number of hydrogen-bond acceptors (Lipinski definition) is 4. The number of sulfone groups is 1. The molecule has 0 unspecified atom stereocenters. The number of nitrogens with zero attached hydrogens (tertiary/aromatic N) is 1. The minimum Gasteiger partial charge on any atom is -0.339 e. The fourth-order valence-electron chi connectivity index (χ4n) is 4.88. The molecule has 1 aliphatic heterocycles. The molecule has 1 aromatic heterocycles. The van der Waals surface area contributed by atoms with Crippen LogP contribution in [0.2, 0.25) is 0 Å². The number of amides is 1. The topological polar surface area (TPSA) is 54.5 Å². The summed E-state index contributed by atoms with van der Waals surface area (Å²) in [5.74, 6) is 0.169. The molecule has 25 heavy (non-hydrogen) atoms. The van der Waals surface area contributed by atoms with Gasteiger partial charge in [-0.25, -0.2) is 8.42 Å². The van der Waals surface area contributed by atoms with Crippen LogP contribution in [0.4, 0.5) is 0 Å². The number of carbonyl (C=O) groups is 1. The zero-order chi connectivity index (χ0) is 17.5. The van der Waals surface area contributed by atoms with Gasteiger partial charge in [0.15, 0.2) is 9.84 Å². The van der Waals surface area contributed by atoms with Crippen LogP contribution in [-0.4, -0.2) is 42.8 Å². The lowest BCUT2D eigenvalue weighted by Crippen LogP contribution is -2.62. The van der Waals surface area contributed by atoms with E-state index in [-0.39, 0.29) is 21.8 Å². The molecule has 0 spiro atoms. The first-order chi connectivity index (χ1) is 12.0. The maximum atomic E-state index is 13.2. The van der Waals surface area contributed by atoms with E-state index in [1.54, 1.807) is 11.3 Å². The lowest BCUT2D eigenvalue weighted by Gasteiger charge is -2.44. The summed E-state index contributed by atoms with van der Waals surface area (Å²) in [5.41, 5.74) is -0.381. The van der Waals surface area contributed by atoms with Crippen LogP contribution in [0.3, 0.4) is 0 Å². The van der Waals surface area contributed by atoms with Crippen LogP contribution in [0.25, 0.3) is 0 Å². The monoisotopic (exact) mass is 381 g/mol. The van der Waals surface area contributed by atoms with Gasteiger partial charge in [-0.1, -0.05) is 38.2 Å². The van der Waals surface area contributed by atoms with Gasteiger partial charge in [-0.2, -0.15) is 0 Å². The molecule has 4 nitrogen and oxygen atoms in total. The lowest BCUT2D eigenvalue weighted by atomic mass is 9.82. The molecular formula is C19H27NO3S2. The Morgan fingerprint density at radius 3 is 2.32 bits per heavy atom. The van der Waals surface area contributed by atoms with E-state index in [1.807, 2.05) is 16.3 Å². The molecule has 2 aliphatic carbocycles. The van der Waals surface area contributed by atoms with E-state index in [2.05, 4.69) is 6.07 Å². The van der Waals surface area contributed by atoms with E-state index >= 15 is 0 Å². The van der Waals surface area contributed by atoms with E-state index < -0.39 is 9.84 Å². The van der Waals surface area contributed by atoms with Gasteiger partial charge in [0.25, 0.3) is 0 Å². The van der Waals surface area contributed by atoms with Gasteiger partial charge in [-0.3, -0.25) is 4.79 Å². The maximum Gasteiger partial charge on any atom is 0.234 e. The fraction of sp³-hybridized carbons (Fsp3) is 0.737. The molecule has 3 fully saturated rings. The molecule has 0 aromatic carbocycles. The second-order valence-electron chi connectivity index (χ2n) is 7.95. The Kier molecular flexibility index (Phi) is 4.69. The van der Waals surface area contributed by atoms with Crippen molar-refractivity contribution in [3.05, 3.63) is 22.4 Å². The Morgan fingerprint density at radius 2 is 1.72 bits per heavy atom. The number of thiophene rings is 1. The molecule has 6 heteroatoms. The third-order valence-corrected chi connectivity index (χ3v) is 10.2. The van der Waals surface area contributed by atoms with Crippen LogP contribution in [0.1, 0.15) is 62.7 Å². The van der Waals surface area contributed by atoms with Gasteiger partial charge < -0.3 is 4.90 Å². The standard InChI is InChI=1S/C19H27NO3S2/c21-18(19(10-4-5-11-19)17-9-6-12-24-17)20-13-16(14-20)25(22,23)15-7-2-1-3-8-15/h6,9,12,15-16H,1-5,7-8,10-11,13-14H2. The van der Waals surface area contributed by atoms with E-state index in [1.165, 1.54) is 0 Å². The highest BCUT2D eigenvalue weighted by Crippen LogP contribution is 2.45. The molecule has 138 valence electrons. The van der Waals surface area contributed by atoms with Crippen LogP contribution >= 0.6 is 11.3 Å². The smallest absolute Gasteiger partial charge is 0.234 e. The first kappa shape index (κ1) is 17.5. The van der Waals surface area contributed by atoms with Crippen molar-refractivity contribution in [2.75, 3.05) is 13.1 Å². The highest BCUT2D eigenvalue weighted by atomic mass is 32.2. The average molecular weight is 382 g/mol. The van der Waals surface area contributed by atoms with Crippen LogP contribution in [0.15, 0.2) is 17.5 Å². The molecule has 0 atom stereocenters. The predicted molar refractivity (Wildman–Crippen MR) is 101 cm³/mol.